The molecule has 3 N–H and O–H groups in total. The highest BCUT2D eigenvalue weighted by atomic mass is 32.2. The van der Waals surface area contributed by atoms with Gasteiger partial charge in [0.1, 0.15) is 5.75 Å². The number of nitrogens with one attached hydrogen (secondary N) is 3. The Morgan fingerprint density at radius 1 is 0.853 bits per heavy atom. The summed E-state index contributed by atoms with van der Waals surface area (Å²) < 4.78 is 33.9. The molecule has 0 unspecified atom stereocenters. The molecule has 10 heteroatoms. The summed E-state index contributed by atoms with van der Waals surface area (Å²) in [5.74, 6) is 0.677. The van der Waals surface area contributed by atoms with Crippen LogP contribution < -0.4 is 20.1 Å². The van der Waals surface area contributed by atoms with Crippen molar-refractivity contribution < 1.29 is 17.9 Å². The highest BCUT2D eigenvalue weighted by Gasteiger charge is 2.19. The molecule has 0 fully saturated rings. The zero-order chi connectivity index (χ0) is 24.3. The lowest BCUT2D eigenvalue weighted by Gasteiger charge is -2.14. The van der Waals surface area contributed by atoms with Gasteiger partial charge >= 0.3 is 0 Å². The lowest BCUT2D eigenvalue weighted by molar-refractivity contribution is -0.114. The number of amides is 1. The lowest BCUT2D eigenvalue weighted by Crippen LogP contribution is -2.16. The largest absolute Gasteiger partial charge is 0.497 e. The number of anilines is 4. The van der Waals surface area contributed by atoms with E-state index >= 15 is 0 Å². The number of rotatable bonds is 7. The fraction of sp³-hybridized carbons (Fsp3) is 0.125. The van der Waals surface area contributed by atoms with Crippen molar-refractivity contribution in [1.29, 1.82) is 0 Å². The van der Waals surface area contributed by atoms with E-state index in [1.165, 1.54) is 19.1 Å². The summed E-state index contributed by atoms with van der Waals surface area (Å²) in [6, 6.07) is 18.6. The Morgan fingerprint density at radius 2 is 1.50 bits per heavy atom. The number of sulfonamides is 1. The van der Waals surface area contributed by atoms with Crippen molar-refractivity contribution in [1.82, 2.24) is 9.97 Å². The number of carbonyl (C=O) groups is 1. The second-order valence-electron chi connectivity index (χ2n) is 7.58. The van der Waals surface area contributed by atoms with E-state index in [-0.39, 0.29) is 22.4 Å². The number of ether oxygens (including phenoxy) is 1. The van der Waals surface area contributed by atoms with Gasteiger partial charge in [0.2, 0.25) is 5.91 Å². The molecule has 0 bridgehead atoms. The molecule has 174 valence electrons. The van der Waals surface area contributed by atoms with Crippen LogP contribution in [0.15, 0.2) is 71.6 Å². The maximum atomic E-state index is 13.0. The molecule has 0 saturated heterocycles. The molecule has 1 aromatic heterocycles. The minimum Gasteiger partial charge on any atom is -0.497 e. The van der Waals surface area contributed by atoms with Crippen LogP contribution in [0.4, 0.5) is 23.0 Å². The van der Waals surface area contributed by atoms with E-state index in [1.807, 2.05) is 6.92 Å². The van der Waals surface area contributed by atoms with Gasteiger partial charge in [-0.15, -0.1) is 0 Å². The summed E-state index contributed by atoms with van der Waals surface area (Å²) in [6.07, 6.45) is 0. The first-order chi connectivity index (χ1) is 16.2. The fourth-order valence-electron chi connectivity index (χ4n) is 3.20. The van der Waals surface area contributed by atoms with Gasteiger partial charge in [0.25, 0.3) is 10.0 Å². The van der Waals surface area contributed by atoms with Crippen molar-refractivity contribution in [3.05, 3.63) is 72.3 Å². The molecule has 0 aliphatic heterocycles. The summed E-state index contributed by atoms with van der Waals surface area (Å²) in [4.78, 5) is 20.5. The minimum absolute atomic E-state index is 0.0455. The predicted octanol–water partition coefficient (Wildman–Crippen LogP) is 4.45. The summed E-state index contributed by atoms with van der Waals surface area (Å²) in [6.45, 7) is 3.31. The predicted molar refractivity (Wildman–Crippen MR) is 132 cm³/mol. The molecule has 0 spiro atoms. The van der Waals surface area contributed by atoms with Crippen molar-refractivity contribution in [2.24, 2.45) is 0 Å². The third-order valence-electron chi connectivity index (χ3n) is 4.90. The number of fused-ring (bicyclic) bond motifs is 1. The van der Waals surface area contributed by atoms with Gasteiger partial charge in [-0.2, -0.15) is 0 Å². The third-order valence-corrected chi connectivity index (χ3v) is 6.26. The molecule has 1 heterocycles. The number of benzene rings is 3. The van der Waals surface area contributed by atoms with Crippen molar-refractivity contribution in [2.75, 3.05) is 22.5 Å². The van der Waals surface area contributed by atoms with Crippen LogP contribution in [0.3, 0.4) is 0 Å². The second-order valence-corrected chi connectivity index (χ2v) is 9.26. The van der Waals surface area contributed by atoms with Crippen LogP contribution in [0.2, 0.25) is 0 Å². The molecule has 0 aliphatic carbocycles. The van der Waals surface area contributed by atoms with Crippen LogP contribution in [-0.2, 0) is 14.8 Å². The van der Waals surface area contributed by atoms with E-state index in [9.17, 15) is 13.2 Å². The topological polar surface area (TPSA) is 122 Å². The van der Waals surface area contributed by atoms with Crippen molar-refractivity contribution in [2.45, 2.75) is 18.7 Å². The third kappa shape index (κ3) is 5.24. The van der Waals surface area contributed by atoms with Gasteiger partial charge in [0, 0.05) is 24.4 Å². The molecule has 1 amide bonds. The van der Waals surface area contributed by atoms with E-state index in [0.717, 1.165) is 5.56 Å². The van der Waals surface area contributed by atoms with Gasteiger partial charge in [-0.3, -0.25) is 9.52 Å². The minimum atomic E-state index is -3.91. The molecular formula is C24H23N5O4S. The van der Waals surface area contributed by atoms with Crippen molar-refractivity contribution in [3.63, 3.8) is 0 Å². The normalized spacial score (nSPS) is 11.1. The summed E-state index contributed by atoms with van der Waals surface area (Å²) >= 11 is 0. The highest BCUT2D eigenvalue weighted by molar-refractivity contribution is 7.92. The zero-order valence-corrected chi connectivity index (χ0v) is 19.6. The van der Waals surface area contributed by atoms with E-state index in [1.54, 1.807) is 61.7 Å². The Labute approximate surface area is 197 Å². The maximum absolute atomic E-state index is 13.0. The number of nitrogens with zero attached hydrogens (tertiary/aromatic N) is 2. The van der Waals surface area contributed by atoms with Gasteiger partial charge in [-0.05, 0) is 55.5 Å². The van der Waals surface area contributed by atoms with Gasteiger partial charge in [-0.1, -0.05) is 17.7 Å². The lowest BCUT2D eigenvalue weighted by atomic mass is 10.2. The van der Waals surface area contributed by atoms with Gasteiger partial charge in [0.15, 0.2) is 11.6 Å². The second kappa shape index (κ2) is 9.36. The molecule has 0 radical (unpaired) electrons. The Hall–Kier alpha value is -4.18. The molecule has 9 nitrogen and oxygen atoms in total. The van der Waals surface area contributed by atoms with E-state index in [4.69, 9.17) is 4.74 Å². The van der Waals surface area contributed by atoms with Gasteiger partial charge in [-0.25, -0.2) is 18.4 Å². The number of hydrogen-bond donors (Lipinski definition) is 3. The van der Waals surface area contributed by atoms with Crippen LogP contribution in [0.25, 0.3) is 11.0 Å². The van der Waals surface area contributed by atoms with Gasteiger partial charge < -0.3 is 15.4 Å². The molecule has 4 rings (SSSR count). The van der Waals surface area contributed by atoms with Crippen LogP contribution in [0.1, 0.15) is 12.5 Å². The van der Waals surface area contributed by atoms with Crippen LogP contribution in [0, 0.1) is 6.92 Å². The Kier molecular flexibility index (Phi) is 6.33. The molecular weight excluding hydrogens is 454 g/mol. The number of carbonyl (C=O) groups excluding carboxylic acids is 1. The average molecular weight is 478 g/mol. The van der Waals surface area contributed by atoms with E-state index in [0.29, 0.717) is 28.2 Å². The molecule has 3 aromatic carbocycles. The summed E-state index contributed by atoms with van der Waals surface area (Å²) in [5.41, 5.74) is 3.22. The molecule has 0 atom stereocenters. The molecule has 0 aliphatic rings. The number of hydrogen-bond acceptors (Lipinski definition) is 7. The standard InChI is InChI=1S/C24H23N5O4S/c1-15-4-11-20(12-5-15)34(31,32)29-24-23(26-18-8-6-17(7-9-18)25-16(2)30)28-22-14-19(33-3)10-13-21(22)27-24/h4-14H,1-3H3,(H,25,30)(H,26,28)(H,27,29). The first-order valence-electron chi connectivity index (χ1n) is 10.3. The number of methoxy groups -OCH3 is 1. The maximum Gasteiger partial charge on any atom is 0.263 e. The molecule has 0 saturated carbocycles. The molecule has 34 heavy (non-hydrogen) atoms. The Balaban J connectivity index is 1.74. The van der Waals surface area contributed by atoms with E-state index < -0.39 is 10.0 Å². The fourth-order valence-corrected chi connectivity index (χ4v) is 4.21. The summed E-state index contributed by atoms with van der Waals surface area (Å²) in [5, 5.41) is 5.81. The zero-order valence-electron chi connectivity index (χ0n) is 18.8. The quantitative estimate of drug-likeness (QED) is 0.359. The smallest absolute Gasteiger partial charge is 0.263 e. The number of aromatic nitrogens is 2. The Bertz CT molecular complexity index is 1450. The van der Waals surface area contributed by atoms with Crippen LogP contribution >= 0.6 is 0 Å². The first-order valence-corrected chi connectivity index (χ1v) is 11.8. The van der Waals surface area contributed by atoms with Crippen LogP contribution in [-0.4, -0.2) is 31.4 Å². The Morgan fingerprint density at radius 3 is 2.15 bits per heavy atom. The summed E-state index contributed by atoms with van der Waals surface area (Å²) in [7, 11) is -2.36. The van der Waals surface area contributed by atoms with Crippen LogP contribution in [0.5, 0.6) is 5.75 Å². The molecule has 4 aromatic rings. The van der Waals surface area contributed by atoms with Gasteiger partial charge in [0.05, 0.1) is 23.0 Å². The highest BCUT2D eigenvalue weighted by Crippen LogP contribution is 2.29. The number of aryl methyl sites for hydroxylation is 1. The van der Waals surface area contributed by atoms with Crippen molar-refractivity contribution in [3.8, 4) is 5.75 Å². The average Bonchev–Trinajstić information content (AvgIpc) is 2.80. The monoisotopic (exact) mass is 477 g/mol. The van der Waals surface area contributed by atoms with Crippen molar-refractivity contribution >= 4 is 50.0 Å². The van der Waals surface area contributed by atoms with E-state index in [2.05, 4.69) is 25.3 Å². The first kappa shape index (κ1) is 23.0. The SMILES string of the molecule is COc1ccc2nc(NS(=O)(=O)c3ccc(C)cc3)c(Nc3ccc(NC(C)=O)cc3)nc2c1.